The molecule has 0 bridgehead atoms. The number of hydrogen-bond acceptors (Lipinski definition) is 5. The van der Waals surface area contributed by atoms with Crippen molar-refractivity contribution in [2.45, 2.75) is 4.90 Å². The van der Waals surface area contributed by atoms with Crippen LogP contribution in [0.3, 0.4) is 0 Å². The molecule has 0 saturated carbocycles. The third-order valence-electron chi connectivity index (χ3n) is 2.40. The summed E-state index contributed by atoms with van der Waals surface area (Å²) in [4.78, 5) is 21.0. The molecule has 0 unspecified atom stereocenters. The number of methoxy groups -OCH3 is 1. The minimum atomic E-state index is -4.38. The Balaban J connectivity index is 3.24. The van der Waals surface area contributed by atoms with E-state index in [-0.39, 0.29) is 5.75 Å². The number of ether oxygens (including phenoxy) is 1. The van der Waals surface area contributed by atoms with Gasteiger partial charge in [-0.3, -0.25) is 9.59 Å². The number of amides is 1. The molecule has 21 heavy (non-hydrogen) atoms. The first kappa shape index (κ1) is 16.9. The average molecular weight is 320 g/mol. The van der Waals surface area contributed by atoms with Gasteiger partial charge in [-0.1, -0.05) is 0 Å². The highest BCUT2D eigenvalue weighted by molar-refractivity contribution is 7.89. The van der Waals surface area contributed by atoms with Crippen molar-refractivity contribution in [3.63, 3.8) is 0 Å². The summed E-state index contributed by atoms with van der Waals surface area (Å²) in [5.74, 6) is -3.62. The standard InChI is InChI=1S/C11H13FN2O6S/c1-20-9-3-2-7(4-8(9)12)21(18,19)14(5-10(13)15)6-11(16)17/h2-4H,5-6H2,1H3,(H2,13,15)(H,16,17). The minimum absolute atomic E-state index is 0.173. The normalized spacial score (nSPS) is 11.4. The van der Waals surface area contributed by atoms with Gasteiger partial charge in [0.05, 0.1) is 18.6 Å². The van der Waals surface area contributed by atoms with Crippen LogP contribution in [0.4, 0.5) is 4.39 Å². The number of aliphatic carboxylic acids is 1. The number of rotatable bonds is 7. The first-order valence-electron chi connectivity index (χ1n) is 5.52. The van der Waals surface area contributed by atoms with Gasteiger partial charge in [0, 0.05) is 0 Å². The molecule has 0 aliphatic carbocycles. The van der Waals surface area contributed by atoms with Crippen LogP contribution in [0.25, 0.3) is 0 Å². The minimum Gasteiger partial charge on any atom is -0.494 e. The summed E-state index contributed by atoms with van der Waals surface area (Å²) in [5, 5.41) is 8.69. The quantitative estimate of drug-likeness (QED) is 0.690. The lowest BCUT2D eigenvalue weighted by Crippen LogP contribution is -2.41. The van der Waals surface area contributed by atoms with Crippen LogP contribution in [0, 0.1) is 5.82 Å². The molecule has 0 radical (unpaired) electrons. The van der Waals surface area contributed by atoms with Gasteiger partial charge in [-0.05, 0) is 18.2 Å². The monoisotopic (exact) mass is 320 g/mol. The molecule has 1 aromatic rings. The summed E-state index contributed by atoms with van der Waals surface area (Å²) in [6.45, 7) is -1.80. The maximum Gasteiger partial charge on any atom is 0.318 e. The van der Waals surface area contributed by atoms with Crippen molar-refractivity contribution in [1.82, 2.24) is 4.31 Å². The van der Waals surface area contributed by atoms with Gasteiger partial charge in [-0.2, -0.15) is 4.31 Å². The molecule has 3 N–H and O–H groups in total. The van der Waals surface area contributed by atoms with Crippen LogP contribution >= 0.6 is 0 Å². The van der Waals surface area contributed by atoms with Gasteiger partial charge >= 0.3 is 5.97 Å². The van der Waals surface area contributed by atoms with Crippen molar-refractivity contribution in [3.8, 4) is 5.75 Å². The molecule has 0 aliphatic heterocycles. The number of primary amides is 1. The third kappa shape index (κ3) is 4.13. The molecule has 0 fully saturated rings. The van der Waals surface area contributed by atoms with Crippen LogP contribution in [-0.4, -0.2) is 49.9 Å². The van der Waals surface area contributed by atoms with Crippen molar-refractivity contribution >= 4 is 21.9 Å². The molecule has 1 rings (SSSR count). The highest BCUT2D eigenvalue weighted by Crippen LogP contribution is 2.23. The van der Waals surface area contributed by atoms with Gasteiger partial charge < -0.3 is 15.6 Å². The van der Waals surface area contributed by atoms with Crippen LogP contribution in [-0.2, 0) is 19.6 Å². The topological polar surface area (TPSA) is 127 Å². The second kappa shape index (κ2) is 6.50. The predicted octanol–water partition coefficient (Wildman–Crippen LogP) is -0.605. The fourth-order valence-corrected chi connectivity index (χ4v) is 2.88. The zero-order valence-corrected chi connectivity index (χ0v) is 11.8. The van der Waals surface area contributed by atoms with E-state index in [2.05, 4.69) is 4.74 Å². The predicted molar refractivity (Wildman–Crippen MR) is 68.5 cm³/mol. The highest BCUT2D eigenvalue weighted by Gasteiger charge is 2.28. The number of hydrogen-bond donors (Lipinski definition) is 2. The maximum atomic E-state index is 13.6. The number of carboxylic acid groups (broad SMARTS) is 1. The Morgan fingerprint density at radius 3 is 2.43 bits per heavy atom. The zero-order valence-electron chi connectivity index (χ0n) is 10.9. The van der Waals surface area contributed by atoms with E-state index < -0.39 is 45.7 Å². The lowest BCUT2D eigenvalue weighted by Gasteiger charge is -2.19. The Hall–Kier alpha value is -2.20. The summed E-state index contributed by atoms with van der Waals surface area (Å²) in [5.41, 5.74) is 4.89. The van der Waals surface area contributed by atoms with Crippen molar-refractivity contribution in [2.75, 3.05) is 20.2 Å². The molecule has 0 aromatic heterocycles. The van der Waals surface area contributed by atoms with E-state index in [9.17, 15) is 22.4 Å². The molecule has 10 heteroatoms. The summed E-state index contributed by atoms with van der Waals surface area (Å²) >= 11 is 0. The number of sulfonamides is 1. The second-order valence-electron chi connectivity index (χ2n) is 3.93. The van der Waals surface area contributed by atoms with Gasteiger partial charge in [0.25, 0.3) is 0 Å². The van der Waals surface area contributed by atoms with Crippen LogP contribution in [0.1, 0.15) is 0 Å². The maximum absolute atomic E-state index is 13.6. The lowest BCUT2D eigenvalue weighted by molar-refractivity contribution is -0.137. The van der Waals surface area contributed by atoms with Crippen molar-refractivity contribution in [3.05, 3.63) is 24.0 Å². The Bertz CT molecular complexity index is 645. The van der Waals surface area contributed by atoms with E-state index in [0.29, 0.717) is 10.4 Å². The number of benzene rings is 1. The van der Waals surface area contributed by atoms with E-state index in [1.165, 1.54) is 7.11 Å². The molecule has 1 amide bonds. The van der Waals surface area contributed by atoms with E-state index in [1.807, 2.05) is 0 Å². The number of carboxylic acids is 1. The van der Waals surface area contributed by atoms with Gasteiger partial charge in [0.2, 0.25) is 15.9 Å². The van der Waals surface area contributed by atoms with Crippen LogP contribution in [0.15, 0.2) is 23.1 Å². The fourth-order valence-electron chi connectivity index (χ4n) is 1.51. The summed E-state index contributed by atoms with van der Waals surface area (Å²) in [6, 6.07) is 2.78. The Morgan fingerprint density at radius 2 is 2.00 bits per heavy atom. The van der Waals surface area contributed by atoms with Gasteiger partial charge in [-0.25, -0.2) is 12.8 Å². The fraction of sp³-hybridized carbons (Fsp3) is 0.273. The Labute approximate surface area is 120 Å². The summed E-state index contributed by atoms with van der Waals surface area (Å²) in [7, 11) is -3.18. The molecule has 0 spiro atoms. The van der Waals surface area contributed by atoms with E-state index in [1.54, 1.807) is 0 Å². The zero-order chi connectivity index (χ0) is 16.2. The lowest BCUT2D eigenvalue weighted by atomic mass is 10.3. The smallest absolute Gasteiger partial charge is 0.318 e. The third-order valence-corrected chi connectivity index (χ3v) is 4.19. The van der Waals surface area contributed by atoms with E-state index in [0.717, 1.165) is 12.1 Å². The largest absolute Gasteiger partial charge is 0.494 e. The molecular formula is C11H13FN2O6S. The van der Waals surface area contributed by atoms with Gasteiger partial charge in [-0.15, -0.1) is 0 Å². The molecule has 1 aromatic carbocycles. The highest BCUT2D eigenvalue weighted by atomic mass is 32.2. The second-order valence-corrected chi connectivity index (χ2v) is 5.87. The van der Waals surface area contributed by atoms with Crippen LogP contribution in [0.2, 0.25) is 0 Å². The van der Waals surface area contributed by atoms with Crippen LogP contribution in [0.5, 0.6) is 5.75 Å². The number of nitrogens with two attached hydrogens (primary N) is 1. The van der Waals surface area contributed by atoms with Crippen molar-refractivity contribution < 1.29 is 32.2 Å². The van der Waals surface area contributed by atoms with Crippen LogP contribution < -0.4 is 10.5 Å². The number of carbonyl (C=O) groups excluding carboxylic acids is 1. The number of carbonyl (C=O) groups is 2. The Morgan fingerprint density at radius 1 is 1.38 bits per heavy atom. The molecule has 8 nitrogen and oxygen atoms in total. The number of nitrogens with zero attached hydrogens (tertiary/aromatic N) is 1. The molecule has 0 heterocycles. The molecule has 0 aliphatic rings. The van der Waals surface area contributed by atoms with E-state index >= 15 is 0 Å². The average Bonchev–Trinajstić information content (AvgIpc) is 2.36. The first-order chi connectivity index (χ1) is 9.68. The van der Waals surface area contributed by atoms with E-state index in [4.69, 9.17) is 10.8 Å². The first-order valence-corrected chi connectivity index (χ1v) is 6.96. The number of halogens is 1. The molecule has 0 atom stereocenters. The van der Waals surface area contributed by atoms with Crippen molar-refractivity contribution in [2.24, 2.45) is 5.73 Å². The van der Waals surface area contributed by atoms with Gasteiger partial charge in [0.1, 0.15) is 6.54 Å². The summed E-state index contributed by atoms with van der Waals surface area (Å²) < 4.78 is 43.0. The molecule has 116 valence electrons. The van der Waals surface area contributed by atoms with Crippen molar-refractivity contribution in [1.29, 1.82) is 0 Å². The van der Waals surface area contributed by atoms with Gasteiger partial charge in [0.15, 0.2) is 11.6 Å². The SMILES string of the molecule is COc1ccc(S(=O)(=O)N(CC(N)=O)CC(=O)O)cc1F. The molecule has 0 saturated heterocycles. The molecular weight excluding hydrogens is 307 g/mol. The summed E-state index contributed by atoms with van der Waals surface area (Å²) in [6.07, 6.45) is 0. The Kier molecular flexibility index (Phi) is 5.22.